The molecule has 0 bridgehead atoms. The number of imidazole rings is 1. The minimum Gasteiger partial charge on any atom is -0.461 e. The van der Waals surface area contributed by atoms with Crippen molar-refractivity contribution in [1.29, 1.82) is 0 Å². The number of ether oxygens (including phenoxy) is 1. The van der Waals surface area contributed by atoms with Gasteiger partial charge < -0.3 is 9.30 Å². The Kier molecular flexibility index (Phi) is 4.74. The van der Waals surface area contributed by atoms with Gasteiger partial charge in [-0.1, -0.05) is 55.8 Å². The van der Waals surface area contributed by atoms with Gasteiger partial charge in [-0.25, -0.2) is 4.98 Å². The summed E-state index contributed by atoms with van der Waals surface area (Å²) in [6.45, 7) is 2.42. The highest BCUT2D eigenvalue weighted by molar-refractivity contribution is 5.83. The van der Waals surface area contributed by atoms with Crippen LogP contribution in [0.1, 0.15) is 32.6 Å². The van der Waals surface area contributed by atoms with Gasteiger partial charge in [-0.2, -0.15) is 0 Å². The molecule has 0 amide bonds. The first kappa shape index (κ1) is 16.8. The number of benzene rings is 2. The molecule has 4 rings (SSSR count). The number of hydrogen-bond donors (Lipinski definition) is 0. The Bertz CT molecular complexity index is 901. The smallest absolute Gasteiger partial charge is 0.326 e. The van der Waals surface area contributed by atoms with Crippen LogP contribution in [0.25, 0.3) is 22.4 Å². The Morgan fingerprint density at radius 3 is 2.69 bits per heavy atom. The third-order valence-electron chi connectivity index (χ3n) is 5.16. The van der Waals surface area contributed by atoms with Gasteiger partial charge in [0.25, 0.3) is 0 Å². The van der Waals surface area contributed by atoms with Crippen LogP contribution in [0.5, 0.6) is 0 Å². The number of carbonyl (C=O) groups is 1. The number of hydrogen-bond acceptors (Lipinski definition) is 3. The predicted molar refractivity (Wildman–Crippen MR) is 103 cm³/mol. The fourth-order valence-electron chi connectivity index (χ4n) is 3.88. The molecule has 1 aromatic heterocycles. The standard InChI is InChI=1S/C22H24N2O2/c1-16-8-7-11-18(14-16)26-21(25)15-24-20-13-6-5-12-19(20)23-22(24)17-9-3-2-4-10-17/h2-6,9-10,12-13,16,18H,7-8,11,14-15H2,1H3. The zero-order valence-electron chi connectivity index (χ0n) is 15.1. The van der Waals surface area contributed by atoms with Gasteiger partial charge >= 0.3 is 5.97 Å². The summed E-state index contributed by atoms with van der Waals surface area (Å²) in [7, 11) is 0. The largest absolute Gasteiger partial charge is 0.461 e. The van der Waals surface area contributed by atoms with Crippen molar-refractivity contribution >= 4 is 17.0 Å². The van der Waals surface area contributed by atoms with Crippen LogP contribution in [0.4, 0.5) is 0 Å². The van der Waals surface area contributed by atoms with E-state index in [-0.39, 0.29) is 18.6 Å². The molecule has 134 valence electrons. The molecule has 1 saturated carbocycles. The molecule has 1 fully saturated rings. The van der Waals surface area contributed by atoms with Crippen LogP contribution in [-0.4, -0.2) is 21.6 Å². The zero-order valence-corrected chi connectivity index (χ0v) is 15.1. The van der Waals surface area contributed by atoms with Crippen molar-refractivity contribution < 1.29 is 9.53 Å². The number of rotatable bonds is 4. The first-order chi connectivity index (χ1) is 12.7. The molecule has 26 heavy (non-hydrogen) atoms. The number of aromatic nitrogens is 2. The van der Waals surface area contributed by atoms with E-state index in [9.17, 15) is 4.79 Å². The van der Waals surface area contributed by atoms with Crippen LogP contribution >= 0.6 is 0 Å². The fraction of sp³-hybridized carbons (Fsp3) is 0.364. The summed E-state index contributed by atoms with van der Waals surface area (Å²) in [5.41, 5.74) is 2.86. The van der Waals surface area contributed by atoms with Crippen molar-refractivity contribution in [2.75, 3.05) is 0 Å². The molecule has 0 radical (unpaired) electrons. The molecule has 3 aromatic rings. The number of fused-ring (bicyclic) bond motifs is 1. The van der Waals surface area contributed by atoms with Crippen LogP contribution in [0, 0.1) is 5.92 Å². The van der Waals surface area contributed by atoms with Gasteiger partial charge in [-0.05, 0) is 37.3 Å². The lowest BCUT2D eigenvalue weighted by Gasteiger charge is -2.26. The van der Waals surface area contributed by atoms with Gasteiger partial charge in [0.1, 0.15) is 18.5 Å². The Labute approximate surface area is 153 Å². The van der Waals surface area contributed by atoms with Crippen LogP contribution in [0.3, 0.4) is 0 Å². The average molecular weight is 348 g/mol. The molecule has 0 N–H and O–H groups in total. The second-order valence-corrected chi connectivity index (χ2v) is 7.26. The third kappa shape index (κ3) is 3.50. The Morgan fingerprint density at radius 1 is 1.12 bits per heavy atom. The normalized spacial score (nSPS) is 20.2. The maximum Gasteiger partial charge on any atom is 0.326 e. The lowest BCUT2D eigenvalue weighted by atomic mass is 9.89. The molecule has 4 heteroatoms. The molecule has 0 aliphatic heterocycles. The molecule has 2 atom stereocenters. The number of esters is 1. The molecule has 1 aliphatic rings. The molecule has 0 spiro atoms. The average Bonchev–Trinajstić information content (AvgIpc) is 3.01. The molecular formula is C22H24N2O2. The van der Waals surface area contributed by atoms with Crippen LogP contribution in [0.15, 0.2) is 54.6 Å². The van der Waals surface area contributed by atoms with Gasteiger partial charge in [0.05, 0.1) is 11.0 Å². The van der Waals surface area contributed by atoms with E-state index in [2.05, 4.69) is 6.92 Å². The Balaban J connectivity index is 1.61. The minimum atomic E-state index is -0.176. The second-order valence-electron chi connectivity index (χ2n) is 7.26. The van der Waals surface area contributed by atoms with E-state index < -0.39 is 0 Å². The maximum atomic E-state index is 12.6. The lowest BCUT2D eigenvalue weighted by Crippen LogP contribution is -2.26. The Hall–Kier alpha value is -2.62. The van der Waals surface area contributed by atoms with Gasteiger partial charge in [0.2, 0.25) is 0 Å². The molecule has 2 unspecified atom stereocenters. The van der Waals surface area contributed by atoms with Gasteiger partial charge in [-0.3, -0.25) is 4.79 Å². The van der Waals surface area contributed by atoms with E-state index in [1.54, 1.807) is 0 Å². The number of para-hydroxylation sites is 2. The van der Waals surface area contributed by atoms with Crippen LogP contribution in [0.2, 0.25) is 0 Å². The molecule has 1 aliphatic carbocycles. The fourth-order valence-corrected chi connectivity index (χ4v) is 3.88. The summed E-state index contributed by atoms with van der Waals surface area (Å²) in [6, 6.07) is 17.9. The van der Waals surface area contributed by atoms with E-state index in [4.69, 9.17) is 9.72 Å². The van der Waals surface area contributed by atoms with E-state index in [0.29, 0.717) is 5.92 Å². The first-order valence-corrected chi connectivity index (χ1v) is 9.41. The second kappa shape index (κ2) is 7.32. The van der Waals surface area contributed by atoms with Gasteiger partial charge in [-0.15, -0.1) is 0 Å². The van der Waals surface area contributed by atoms with Crippen molar-refractivity contribution in [2.45, 2.75) is 45.3 Å². The number of nitrogens with zero attached hydrogens (tertiary/aromatic N) is 2. The first-order valence-electron chi connectivity index (χ1n) is 9.41. The van der Waals surface area contributed by atoms with E-state index in [0.717, 1.165) is 41.7 Å². The van der Waals surface area contributed by atoms with Gasteiger partial charge in [0, 0.05) is 5.56 Å². The quantitative estimate of drug-likeness (QED) is 0.635. The van der Waals surface area contributed by atoms with E-state index in [1.165, 1.54) is 6.42 Å². The van der Waals surface area contributed by atoms with Crippen molar-refractivity contribution in [2.24, 2.45) is 5.92 Å². The highest BCUT2D eigenvalue weighted by Crippen LogP contribution is 2.27. The molecule has 2 aromatic carbocycles. The predicted octanol–water partition coefficient (Wildman–Crippen LogP) is 4.83. The van der Waals surface area contributed by atoms with Crippen LogP contribution in [-0.2, 0) is 16.1 Å². The SMILES string of the molecule is CC1CCCC(OC(=O)Cn2c(-c3ccccc3)nc3ccccc32)C1. The topological polar surface area (TPSA) is 44.1 Å². The van der Waals surface area contributed by atoms with Crippen molar-refractivity contribution in [3.8, 4) is 11.4 Å². The summed E-state index contributed by atoms with van der Waals surface area (Å²) in [5.74, 6) is 1.26. The van der Waals surface area contributed by atoms with Crippen molar-refractivity contribution in [1.82, 2.24) is 9.55 Å². The summed E-state index contributed by atoms with van der Waals surface area (Å²) < 4.78 is 7.76. The van der Waals surface area contributed by atoms with Crippen LogP contribution < -0.4 is 0 Å². The van der Waals surface area contributed by atoms with Crippen molar-refractivity contribution in [3.63, 3.8) is 0 Å². The minimum absolute atomic E-state index is 0.0567. The number of carbonyl (C=O) groups excluding carboxylic acids is 1. The highest BCUT2D eigenvalue weighted by Gasteiger charge is 2.23. The third-order valence-corrected chi connectivity index (χ3v) is 5.16. The van der Waals surface area contributed by atoms with Crippen molar-refractivity contribution in [3.05, 3.63) is 54.6 Å². The molecule has 4 nitrogen and oxygen atoms in total. The summed E-state index contributed by atoms with van der Waals surface area (Å²) in [4.78, 5) is 17.4. The summed E-state index contributed by atoms with van der Waals surface area (Å²) in [6.07, 6.45) is 4.39. The monoisotopic (exact) mass is 348 g/mol. The molecule has 1 heterocycles. The van der Waals surface area contributed by atoms with E-state index >= 15 is 0 Å². The summed E-state index contributed by atoms with van der Waals surface area (Å²) in [5, 5.41) is 0. The zero-order chi connectivity index (χ0) is 17.9. The summed E-state index contributed by atoms with van der Waals surface area (Å²) >= 11 is 0. The highest BCUT2D eigenvalue weighted by atomic mass is 16.5. The Morgan fingerprint density at radius 2 is 1.88 bits per heavy atom. The van der Waals surface area contributed by atoms with E-state index in [1.807, 2.05) is 59.2 Å². The van der Waals surface area contributed by atoms with Gasteiger partial charge in [0.15, 0.2) is 0 Å². The maximum absolute atomic E-state index is 12.6. The molecular weight excluding hydrogens is 324 g/mol. The molecule has 0 saturated heterocycles. The lowest BCUT2D eigenvalue weighted by molar-refractivity contribution is -0.151.